The predicted molar refractivity (Wildman–Crippen MR) is 139 cm³/mol. The number of aromatic amines is 1. The van der Waals surface area contributed by atoms with Crippen LogP contribution in [-0.2, 0) is 27.4 Å². The number of rotatable bonds is 11. The fourth-order valence-corrected chi connectivity index (χ4v) is 4.99. The van der Waals surface area contributed by atoms with Crippen molar-refractivity contribution in [2.24, 2.45) is 0 Å². The summed E-state index contributed by atoms with van der Waals surface area (Å²) >= 11 is 0. The van der Waals surface area contributed by atoms with Gasteiger partial charge in [-0.05, 0) is 60.9 Å². The van der Waals surface area contributed by atoms with E-state index in [0.29, 0.717) is 37.5 Å². The molecule has 1 unspecified atom stereocenters. The van der Waals surface area contributed by atoms with Gasteiger partial charge in [-0.2, -0.15) is 0 Å². The number of pyridine rings is 1. The first-order valence-electron chi connectivity index (χ1n) is 13.0. The normalized spacial score (nSPS) is 15.4. The fraction of sp³-hybridized carbons (Fsp3) is 0.577. The highest BCUT2D eigenvalue weighted by molar-refractivity contribution is 5.83. The van der Waals surface area contributed by atoms with Crippen molar-refractivity contribution < 1.29 is 14.3 Å². The molecule has 1 aromatic carbocycles. The molecule has 3 heterocycles. The highest BCUT2D eigenvalue weighted by Crippen LogP contribution is 2.25. The third-order valence-corrected chi connectivity index (χ3v) is 6.84. The number of ether oxygens (including phenoxy) is 2. The van der Waals surface area contributed by atoms with Gasteiger partial charge in [0.05, 0.1) is 25.9 Å². The average Bonchev–Trinajstić information content (AvgIpc) is 3.31. The van der Waals surface area contributed by atoms with Gasteiger partial charge < -0.3 is 14.5 Å². The lowest BCUT2D eigenvalue weighted by atomic mass is 10.0. The SMILES string of the molecule is CCOC(=O)Cn1nnnc1C(CC)N(CCN1CCOCC1)Cc1cc2c(C)cc(C)cc2[nH]c1=O. The van der Waals surface area contributed by atoms with E-state index in [2.05, 4.69) is 50.2 Å². The van der Waals surface area contributed by atoms with E-state index in [4.69, 9.17) is 9.47 Å². The number of carbonyl (C=O) groups excluding carboxylic acids is 1. The molecule has 1 atom stereocenters. The lowest BCUT2D eigenvalue weighted by Gasteiger charge is -2.33. The standard InChI is InChI=1S/C26H37N7O4/c1-5-23(25-28-29-30-33(25)17-24(34)37-6-2)32(8-7-31-9-11-36-12-10-31)16-20-15-21-19(4)13-18(3)14-22(21)27-26(20)35/h13-15,23H,5-12,16-17H2,1-4H3,(H,27,35). The van der Waals surface area contributed by atoms with Crippen molar-refractivity contribution in [3.05, 3.63) is 51.1 Å². The second-order valence-corrected chi connectivity index (χ2v) is 9.52. The predicted octanol–water partition coefficient (Wildman–Crippen LogP) is 1.98. The fourth-order valence-electron chi connectivity index (χ4n) is 4.99. The molecule has 0 radical (unpaired) electrons. The third kappa shape index (κ3) is 6.60. The van der Waals surface area contributed by atoms with Crippen LogP contribution in [0.5, 0.6) is 0 Å². The van der Waals surface area contributed by atoms with Crippen LogP contribution in [0.15, 0.2) is 23.0 Å². The van der Waals surface area contributed by atoms with Crippen LogP contribution in [0.4, 0.5) is 0 Å². The Labute approximate surface area is 216 Å². The largest absolute Gasteiger partial charge is 0.465 e. The van der Waals surface area contributed by atoms with Gasteiger partial charge in [0.25, 0.3) is 5.56 Å². The van der Waals surface area contributed by atoms with Crippen LogP contribution in [-0.4, -0.2) is 87.0 Å². The molecule has 0 spiro atoms. The zero-order valence-electron chi connectivity index (χ0n) is 22.2. The highest BCUT2D eigenvalue weighted by Gasteiger charge is 2.27. The summed E-state index contributed by atoms with van der Waals surface area (Å²) in [5, 5.41) is 13.2. The molecule has 0 bridgehead atoms. The second kappa shape index (κ2) is 12.4. The molecule has 4 rings (SSSR count). The van der Waals surface area contributed by atoms with Gasteiger partial charge in [0.1, 0.15) is 6.54 Å². The van der Waals surface area contributed by atoms with Crippen molar-refractivity contribution in [2.75, 3.05) is 46.0 Å². The summed E-state index contributed by atoms with van der Waals surface area (Å²) < 4.78 is 12.1. The minimum atomic E-state index is -0.387. The Kier molecular flexibility index (Phi) is 9.01. The van der Waals surface area contributed by atoms with Crippen molar-refractivity contribution >= 4 is 16.9 Å². The van der Waals surface area contributed by atoms with Crippen LogP contribution in [0.25, 0.3) is 10.9 Å². The molecule has 200 valence electrons. The first-order valence-corrected chi connectivity index (χ1v) is 13.0. The topological polar surface area (TPSA) is 118 Å². The number of aryl methyl sites for hydroxylation is 2. The average molecular weight is 512 g/mol. The second-order valence-electron chi connectivity index (χ2n) is 9.52. The molecule has 1 N–H and O–H groups in total. The van der Waals surface area contributed by atoms with Gasteiger partial charge >= 0.3 is 5.97 Å². The molecule has 0 saturated carbocycles. The van der Waals surface area contributed by atoms with Crippen LogP contribution in [0.1, 0.15) is 48.8 Å². The Morgan fingerprint density at radius 3 is 2.73 bits per heavy atom. The molecular formula is C26H37N7O4. The Morgan fingerprint density at radius 2 is 2.00 bits per heavy atom. The van der Waals surface area contributed by atoms with Crippen molar-refractivity contribution in [1.29, 1.82) is 0 Å². The highest BCUT2D eigenvalue weighted by atomic mass is 16.5. The number of H-pyrrole nitrogens is 1. The van der Waals surface area contributed by atoms with E-state index in [1.807, 2.05) is 19.1 Å². The van der Waals surface area contributed by atoms with Gasteiger partial charge in [0.15, 0.2) is 5.82 Å². The number of tetrazole rings is 1. The molecule has 11 nitrogen and oxygen atoms in total. The number of esters is 1. The maximum Gasteiger partial charge on any atom is 0.327 e. The van der Waals surface area contributed by atoms with E-state index in [1.165, 1.54) is 4.68 Å². The number of hydrogen-bond acceptors (Lipinski definition) is 9. The maximum atomic E-state index is 13.2. The number of fused-ring (bicyclic) bond motifs is 1. The van der Waals surface area contributed by atoms with E-state index < -0.39 is 0 Å². The lowest BCUT2D eigenvalue weighted by Crippen LogP contribution is -2.43. The van der Waals surface area contributed by atoms with Crippen molar-refractivity contribution in [2.45, 2.75) is 53.2 Å². The number of morpholine rings is 1. The number of carbonyl (C=O) groups is 1. The summed E-state index contributed by atoms with van der Waals surface area (Å²) in [6.07, 6.45) is 0.704. The number of benzene rings is 1. The first kappa shape index (κ1) is 26.9. The molecule has 1 fully saturated rings. The monoisotopic (exact) mass is 511 g/mol. The summed E-state index contributed by atoms with van der Waals surface area (Å²) in [5.41, 5.74) is 3.66. The zero-order valence-corrected chi connectivity index (χ0v) is 22.2. The minimum Gasteiger partial charge on any atom is -0.465 e. The van der Waals surface area contributed by atoms with Crippen molar-refractivity contribution in [1.82, 2.24) is 35.0 Å². The van der Waals surface area contributed by atoms with Crippen LogP contribution in [0, 0.1) is 13.8 Å². The van der Waals surface area contributed by atoms with E-state index in [1.54, 1.807) is 6.92 Å². The quantitative estimate of drug-likeness (QED) is 0.386. The van der Waals surface area contributed by atoms with Crippen molar-refractivity contribution in [3.63, 3.8) is 0 Å². The maximum absolute atomic E-state index is 13.2. The van der Waals surface area contributed by atoms with Crippen molar-refractivity contribution in [3.8, 4) is 0 Å². The molecular weight excluding hydrogens is 474 g/mol. The van der Waals surface area contributed by atoms with E-state index in [-0.39, 0.29) is 24.1 Å². The van der Waals surface area contributed by atoms with Gasteiger partial charge in [0.2, 0.25) is 0 Å². The summed E-state index contributed by atoms with van der Waals surface area (Å²) in [7, 11) is 0. The molecule has 1 saturated heterocycles. The number of nitrogens with one attached hydrogen (secondary N) is 1. The number of nitrogens with zero attached hydrogens (tertiary/aromatic N) is 6. The Bertz CT molecular complexity index is 1270. The Balaban J connectivity index is 1.65. The van der Waals surface area contributed by atoms with Crippen LogP contribution in [0.3, 0.4) is 0 Å². The van der Waals surface area contributed by atoms with E-state index in [0.717, 1.165) is 54.9 Å². The van der Waals surface area contributed by atoms with Gasteiger partial charge in [-0.1, -0.05) is 13.0 Å². The summed E-state index contributed by atoms with van der Waals surface area (Å²) in [6.45, 7) is 13.3. The van der Waals surface area contributed by atoms with E-state index >= 15 is 0 Å². The van der Waals surface area contributed by atoms with Gasteiger partial charge in [-0.3, -0.25) is 19.4 Å². The Morgan fingerprint density at radius 1 is 1.22 bits per heavy atom. The smallest absolute Gasteiger partial charge is 0.327 e. The first-order chi connectivity index (χ1) is 17.9. The number of aromatic nitrogens is 5. The summed E-state index contributed by atoms with van der Waals surface area (Å²) in [6, 6.07) is 5.93. The molecule has 0 amide bonds. The Hall–Kier alpha value is -3.15. The summed E-state index contributed by atoms with van der Waals surface area (Å²) in [5.74, 6) is 0.198. The molecule has 1 aliphatic rings. The van der Waals surface area contributed by atoms with Gasteiger partial charge in [0, 0.05) is 49.2 Å². The van der Waals surface area contributed by atoms with Crippen LogP contribution >= 0.6 is 0 Å². The van der Waals surface area contributed by atoms with Crippen LogP contribution < -0.4 is 5.56 Å². The molecule has 0 aliphatic carbocycles. The third-order valence-electron chi connectivity index (χ3n) is 6.84. The molecule has 11 heteroatoms. The number of hydrogen-bond donors (Lipinski definition) is 1. The molecule has 37 heavy (non-hydrogen) atoms. The zero-order chi connectivity index (χ0) is 26.4. The molecule has 2 aromatic heterocycles. The van der Waals surface area contributed by atoms with Crippen LogP contribution in [0.2, 0.25) is 0 Å². The molecule has 3 aromatic rings. The van der Waals surface area contributed by atoms with Gasteiger partial charge in [-0.15, -0.1) is 5.10 Å². The summed E-state index contributed by atoms with van der Waals surface area (Å²) in [4.78, 5) is 33.0. The minimum absolute atomic E-state index is 0.0565. The lowest BCUT2D eigenvalue weighted by molar-refractivity contribution is -0.144. The van der Waals surface area contributed by atoms with Gasteiger partial charge in [-0.25, -0.2) is 4.68 Å². The van der Waals surface area contributed by atoms with E-state index in [9.17, 15) is 9.59 Å². The molecule has 1 aliphatic heterocycles.